The van der Waals surface area contributed by atoms with Gasteiger partial charge in [0.15, 0.2) is 11.3 Å². The van der Waals surface area contributed by atoms with Crippen molar-refractivity contribution in [1.29, 1.82) is 0 Å². The molecule has 0 saturated carbocycles. The van der Waals surface area contributed by atoms with Crippen molar-refractivity contribution in [3.63, 3.8) is 0 Å². The fourth-order valence-corrected chi connectivity index (χ4v) is 4.01. The van der Waals surface area contributed by atoms with E-state index in [2.05, 4.69) is 10.00 Å². The zero-order valence-corrected chi connectivity index (χ0v) is 15.5. The number of amides is 1. The van der Waals surface area contributed by atoms with Crippen LogP contribution in [-0.4, -0.2) is 57.8 Å². The number of aromatic nitrogens is 3. The molecule has 2 aromatic rings. The lowest BCUT2D eigenvalue weighted by atomic mass is 10.1. The molecule has 0 atom stereocenters. The fourth-order valence-electron chi connectivity index (χ4n) is 4.01. The SMILES string of the molecule is Cn1nc(C(=O)N2CCC(N)CC2)c2ccc(N3CCCCCC3)nc21. The highest BCUT2D eigenvalue weighted by molar-refractivity contribution is 6.04. The van der Waals surface area contributed by atoms with Crippen molar-refractivity contribution in [2.45, 2.75) is 44.6 Å². The van der Waals surface area contributed by atoms with Crippen LogP contribution >= 0.6 is 0 Å². The zero-order valence-electron chi connectivity index (χ0n) is 15.5. The van der Waals surface area contributed by atoms with Gasteiger partial charge in [0, 0.05) is 39.3 Å². The van der Waals surface area contributed by atoms with Crippen LogP contribution in [0.5, 0.6) is 0 Å². The third kappa shape index (κ3) is 3.28. The van der Waals surface area contributed by atoms with Gasteiger partial charge in [0.2, 0.25) is 0 Å². The molecular formula is C19H28N6O. The zero-order chi connectivity index (χ0) is 18.1. The number of likely N-dealkylation sites (tertiary alicyclic amines) is 1. The molecule has 0 bridgehead atoms. The van der Waals surface area contributed by atoms with E-state index in [9.17, 15) is 4.79 Å². The number of aryl methyl sites for hydroxylation is 1. The molecule has 140 valence electrons. The van der Waals surface area contributed by atoms with Gasteiger partial charge in [0.1, 0.15) is 5.82 Å². The molecule has 4 heterocycles. The van der Waals surface area contributed by atoms with Gasteiger partial charge in [-0.25, -0.2) is 9.67 Å². The number of pyridine rings is 1. The van der Waals surface area contributed by atoms with Crippen LogP contribution in [0.3, 0.4) is 0 Å². The van der Waals surface area contributed by atoms with E-state index in [0.717, 1.165) is 42.8 Å². The minimum Gasteiger partial charge on any atom is -0.357 e. The summed E-state index contributed by atoms with van der Waals surface area (Å²) in [6.07, 6.45) is 6.73. The average Bonchev–Trinajstić information content (AvgIpc) is 2.84. The summed E-state index contributed by atoms with van der Waals surface area (Å²) in [6, 6.07) is 4.26. The molecule has 26 heavy (non-hydrogen) atoms. The average molecular weight is 356 g/mol. The molecule has 2 saturated heterocycles. The second-order valence-electron chi connectivity index (χ2n) is 7.54. The maximum atomic E-state index is 12.9. The Kier molecular flexibility index (Phi) is 4.80. The van der Waals surface area contributed by atoms with Crippen molar-refractivity contribution in [2.24, 2.45) is 12.8 Å². The molecular weight excluding hydrogens is 328 g/mol. The van der Waals surface area contributed by atoms with Crippen LogP contribution in [0.15, 0.2) is 12.1 Å². The van der Waals surface area contributed by atoms with Crippen molar-refractivity contribution in [1.82, 2.24) is 19.7 Å². The molecule has 2 aromatic heterocycles. The Bertz CT molecular complexity index is 785. The van der Waals surface area contributed by atoms with Gasteiger partial charge in [-0.1, -0.05) is 12.8 Å². The Morgan fingerprint density at radius 2 is 1.77 bits per heavy atom. The predicted octanol–water partition coefficient (Wildman–Crippen LogP) is 1.91. The lowest BCUT2D eigenvalue weighted by Gasteiger charge is -2.29. The Labute approximate surface area is 154 Å². The highest BCUT2D eigenvalue weighted by Crippen LogP contribution is 2.24. The first-order valence-corrected chi connectivity index (χ1v) is 9.77. The minimum absolute atomic E-state index is 0.00757. The predicted molar refractivity (Wildman–Crippen MR) is 102 cm³/mol. The first-order valence-electron chi connectivity index (χ1n) is 9.77. The van der Waals surface area contributed by atoms with Gasteiger partial charge in [-0.3, -0.25) is 4.79 Å². The minimum atomic E-state index is -0.00757. The van der Waals surface area contributed by atoms with Gasteiger partial charge in [-0.15, -0.1) is 0 Å². The topological polar surface area (TPSA) is 80.3 Å². The highest BCUT2D eigenvalue weighted by Gasteiger charge is 2.26. The Morgan fingerprint density at radius 3 is 2.46 bits per heavy atom. The molecule has 0 unspecified atom stereocenters. The number of fused-ring (bicyclic) bond motifs is 1. The maximum Gasteiger partial charge on any atom is 0.275 e. The first kappa shape index (κ1) is 17.3. The summed E-state index contributed by atoms with van der Waals surface area (Å²) in [5.41, 5.74) is 7.25. The summed E-state index contributed by atoms with van der Waals surface area (Å²) >= 11 is 0. The number of hydrogen-bond acceptors (Lipinski definition) is 5. The van der Waals surface area contributed by atoms with E-state index in [4.69, 9.17) is 10.7 Å². The molecule has 1 amide bonds. The number of piperidine rings is 1. The highest BCUT2D eigenvalue weighted by atomic mass is 16.2. The molecule has 0 spiro atoms. The molecule has 0 aliphatic carbocycles. The van der Waals surface area contributed by atoms with Crippen molar-refractivity contribution in [3.05, 3.63) is 17.8 Å². The summed E-state index contributed by atoms with van der Waals surface area (Å²) in [6.45, 7) is 3.51. The van der Waals surface area contributed by atoms with Gasteiger partial charge >= 0.3 is 0 Å². The van der Waals surface area contributed by atoms with Crippen LogP contribution in [-0.2, 0) is 7.05 Å². The lowest BCUT2D eigenvalue weighted by Crippen LogP contribution is -2.43. The van der Waals surface area contributed by atoms with E-state index in [1.54, 1.807) is 4.68 Å². The van der Waals surface area contributed by atoms with Gasteiger partial charge < -0.3 is 15.5 Å². The van der Waals surface area contributed by atoms with Crippen molar-refractivity contribution < 1.29 is 4.79 Å². The first-order chi connectivity index (χ1) is 12.6. The van der Waals surface area contributed by atoms with Gasteiger partial charge in [0.25, 0.3) is 5.91 Å². The number of carbonyl (C=O) groups is 1. The van der Waals surface area contributed by atoms with Crippen LogP contribution < -0.4 is 10.6 Å². The van der Waals surface area contributed by atoms with Crippen LogP contribution in [0.2, 0.25) is 0 Å². The van der Waals surface area contributed by atoms with E-state index >= 15 is 0 Å². The van der Waals surface area contributed by atoms with Crippen molar-refractivity contribution in [3.8, 4) is 0 Å². The standard InChI is InChI=1S/C19H28N6O/c1-23-18-15(6-7-16(21-18)24-10-4-2-3-5-11-24)17(22-23)19(26)25-12-8-14(20)9-13-25/h6-7,14H,2-5,8-13,20H2,1H3. The van der Waals surface area contributed by atoms with E-state index < -0.39 is 0 Å². The van der Waals surface area contributed by atoms with Crippen LogP contribution in [0.25, 0.3) is 11.0 Å². The summed E-state index contributed by atoms with van der Waals surface area (Å²) in [5, 5.41) is 5.34. The largest absolute Gasteiger partial charge is 0.357 e. The van der Waals surface area contributed by atoms with Crippen LogP contribution in [0.4, 0.5) is 5.82 Å². The smallest absolute Gasteiger partial charge is 0.275 e. The normalized spacial score (nSPS) is 19.8. The summed E-state index contributed by atoms with van der Waals surface area (Å²) in [7, 11) is 1.87. The Balaban J connectivity index is 1.62. The number of hydrogen-bond donors (Lipinski definition) is 1. The Morgan fingerprint density at radius 1 is 1.08 bits per heavy atom. The molecule has 4 rings (SSSR count). The number of carbonyl (C=O) groups excluding carboxylic acids is 1. The van der Waals surface area contributed by atoms with E-state index in [1.165, 1.54) is 25.7 Å². The molecule has 7 heteroatoms. The third-order valence-electron chi connectivity index (χ3n) is 5.63. The number of rotatable bonds is 2. The molecule has 2 fully saturated rings. The van der Waals surface area contributed by atoms with Crippen molar-refractivity contribution in [2.75, 3.05) is 31.1 Å². The monoisotopic (exact) mass is 356 g/mol. The molecule has 7 nitrogen and oxygen atoms in total. The molecule has 2 aliphatic rings. The van der Waals surface area contributed by atoms with Gasteiger partial charge in [-0.2, -0.15) is 5.10 Å². The number of nitrogens with two attached hydrogens (primary N) is 1. The van der Waals surface area contributed by atoms with Crippen LogP contribution in [0, 0.1) is 0 Å². The lowest BCUT2D eigenvalue weighted by molar-refractivity contribution is 0.0710. The quantitative estimate of drug-likeness (QED) is 0.889. The number of anilines is 1. The second kappa shape index (κ2) is 7.23. The molecule has 2 aliphatic heterocycles. The van der Waals surface area contributed by atoms with Gasteiger partial charge in [0.05, 0.1) is 5.39 Å². The summed E-state index contributed by atoms with van der Waals surface area (Å²) < 4.78 is 1.74. The Hall–Kier alpha value is -2.15. The summed E-state index contributed by atoms with van der Waals surface area (Å²) in [5.74, 6) is 0.983. The van der Waals surface area contributed by atoms with E-state index in [1.807, 2.05) is 24.1 Å². The molecule has 2 N–H and O–H groups in total. The van der Waals surface area contributed by atoms with E-state index in [0.29, 0.717) is 18.8 Å². The summed E-state index contributed by atoms with van der Waals surface area (Å²) in [4.78, 5) is 22.0. The number of nitrogens with zero attached hydrogens (tertiary/aromatic N) is 5. The second-order valence-corrected chi connectivity index (χ2v) is 7.54. The maximum absolute atomic E-state index is 12.9. The third-order valence-corrected chi connectivity index (χ3v) is 5.63. The van der Waals surface area contributed by atoms with Crippen molar-refractivity contribution >= 4 is 22.8 Å². The molecule has 0 radical (unpaired) electrons. The van der Waals surface area contributed by atoms with Gasteiger partial charge in [-0.05, 0) is 37.8 Å². The van der Waals surface area contributed by atoms with Crippen LogP contribution in [0.1, 0.15) is 49.0 Å². The van der Waals surface area contributed by atoms with E-state index in [-0.39, 0.29) is 11.9 Å². The molecule has 0 aromatic carbocycles. The fraction of sp³-hybridized carbons (Fsp3) is 0.632.